The third-order valence-electron chi connectivity index (χ3n) is 6.57. The maximum Gasteiger partial charge on any atom is 0.253 e. The molecule has 3 nitrogen and oxygen atoms in total. The third-order valence-corrected chi connectivity index (χ3v) is 10.2. The van der Waals surface area contributed by atoms with Crippen molar-refractivity contribution in [3.8, 4) is 5.75 Å². The molecule has 0 fully saturated rings. The molecule has 0 radical (unpaired) electrons. The molecule has 8 heteroatoms. The summed E-state index contributed by atoms with van der Waals surface area (Å²) in [5, 5.41) is -0.418. The summed E-state index contributed by atoms with van der Waals surface area (Å²) in [5.74, 6) is 0.954. The molecule has 0 bridgehead atoms. The van der Waals surface area contributed by atoms with Gasteiger partial charge >= 0.3 is 0 Å². The van der Waals surface area contributed by atoms with Gasteiger partial charge in [-0.3, -0.25) is 9.59 Å². The lowest BCUT2D eigenvalue weighted by molar-refractivity contribution is 0.103. The second kappa shape index (κ2) is 19.9. The van der Waals surface area contributed by atoms with Crippen LogP contribution in [0.3, 0.4) is 0 Å². The summed E-state index contributed by atoms with van der Waals surface area (Å²) in [6.45, 7) is 0. The highest BCUT2D eigenvalue weighted by Crippen LogP contribution is 2.32. The Morgan fingerprint density at radius 1 is 0.562 bits per heavy atom. The van der Waals surface area contributed by atoms with Gasteiger partial charge in [0.05, 0.1) is 7.11 Å². The predicted molar refractivity (Wildman–Crippen MR) is 207 cm³/mol. The van der Waals surface area contributed by atoms with Crippen molar-refractivity contribution in [3.05, 3.63) is 179 Å². The number of hydrogen-bond donors (Lipinski definition) is 0. The number of carbonyl (C=O) groups is 2. The third kappa shape index (κ3) is 11.8. The van der Waals surface area contributed by atoms with E-state index in [9.17, 15) is 9.59 Å². The van der Waals surface area contributed by atoms with E-state index in [1.807, 2.05) is 146 Å². The summed E-state index contributed by atoms with van der Waals surface area (Å²) in [6, 6.07) is 50.6. The lowest BCUT2D eigenvalue weighted by Crippen LogP contribution is -2.02. The van der Waals surface area contributed by atoms with Gasteiger partial charge < -0.3 is 4.74 Å². The van der Waals surface area contributed by atoms with E-state index in [1.54, 1.807) is 36.7 Å². The summed E-state index contributed by atoms with van der Waals surface area (Å²) in [6.07, 6.45) is 2.03. The van der Waals surface area contributed by atoms with Crippen molar-refractivity contribution in [1.82, 2.24) is 0 Å². The molecule has 0 aliphatic rings. The van der Waals surface area contributed by atoms with Gasteiger partial charge in [-0.05, 0) is 115 Å². The molecule has 0 unspecified atom stereocenters. The number of rotatable bonds is 9. The molecule has 0 amide bonds. The molecule has 0 atom stereocenters. The molecule has 0 heterocycles. The van der Waals surface area contributed by atoms with Gasteiger partial charge in [0.2, 0.25) is 0 Å². The smallest absolute Gasteiger partial charge is 0.253 e. The molecule has 242 valence electrons. The molecule has 6 aromatic rings. The van der Waals surface area contributed by atoms with Gasteiger partial charge in [-0.1, -0.05) is 100 Å². The van der Waals surface area contributed by atoms with E-state index >= 15 is 0 Å². The van der Waals surface area contributed by atoms with E-state index in [4.69, 9.17) is 16.3 Å². The Morgan fingerprint density at radius 2 is 1.02 bits per heavy atom. The molecule has 0 saturated carbocycles. The van der Waals surface area contributed by atoms with Crippen LogP contribution in [-0.4, -0.2) is 24.4 Å². The Labute approximate surface area is 308 Å². The van der Waals surface area contributed by atoms with E-state index in [-0.39, 0.29) is 5.78 Å². The number of methoxy groups -OCH3 is 1. The standard InChI is InChI=1S/C20H16OS2.C13H9ClOS.C7H7BrO/c1-22-16-13-11-15(12-14-16)20(21)18-9-5-6-10-19(18)23-17-7-3-2-4-8-17;14-13(15)11-8-4-5-9-12(11)16-10-6-2-1-3-7-10;1-9-7-4-2-6(8)3-5-7/h2-14H,1H3;1-9H;2-5H,1H3. The van der Waals surface area contributed by atoms with Crippen LogP contribution >= 0.6 is 62.8 Å². The fraction of sp³-hybridized carbons (Fsp3) is 0.0500. The van der Waals surface area contributed by atoms with Crippen molar-refractivity contribution in [3.63, 3.8) is 0 Å². The van der Waals surface area contributed by atoms with Crippen LogP contribution in [0, 0.1) is 0 Å². The van der Waals surface area contributed by atoms with Crippen LogP contribution in [0.15, 0.2) is 187 Å². The molecule has 0 spiro atoms. The number of halogens is 2. The van der Waals surface area contributed by atoms with Gasteiger partial charge in [0.15, 0.2) is 5.78 Å². The van der Waals surface area contributed by atoms with Gasteiger partial charge in [-0.15, -0.1) is 11.8 Å². The van der Waals surface area contributed by atoms with Gasteiger partial charge in [-0.25, -0.2) is 0 Å². The molecule has 0 aromatic heterocycles. The van der Waals surface area contributed by atoms with Crippen molar-refractivity contribution in [1.29, 1.82) is 0 Å². The average molecular weight is 772 g/mol. The Bertz CT molecular complexity index is 1890. The van der Waals surface area contributed by atoms with Crippen molar-refractivity contribution >= 4 is 73.8 Å². The van der Waals surface area contributed by atoms with Crippen LogP contribution in [0.5, 0.6) is 5.75 Å². The number of benzene rings is 6. The average Bonchev–Trinajstić information content (AvgIpc) is 3.13. The van der Waals surface area contributed by atoms with Gasteiger partial charge in [0.1, 0.15) is 5.75 Å². The lowest BCUT2D eigenvalue weighted by atomic mass is 10.0. The zero-order valence-electron chi connectivity index (χ0n) is 26.2. The number of hydrogen-bond acceptors (Lipinski definition) is 6. The van der Waals surface area contributed by atoms with Crippen molar-refractivity contribution < 1.29 is 14.3 Å². The van der Waals surface area contributed by atoms with Crippen molar-refractivity contribution in [2.75, 3.05) is 13.4 Å². The Kier molecular flexibility index (Phi) is 15.4. The highest BCUT2D eigenvalue weighted by Gasteiger charge is 2.14. The molecule has 0 aliphatic carbocycles. The first-order valence-electron chi connectivity index (χ1n) is 14.7. The normalized spacial score (nSPS) is 10.1. The van der Waals surface area contributed by atoms with E-state index in [0.29, 0.717) is 5.56 Å². The van der Waals surface area contributed by atoms with Crippen LogP contribution in [0.2, 0.25) is 0 Å². The quantitative estimate of drug-likeness (QED) is 0.0828. The first-order chi connectivity index (χ1) is 23.4. The van der Waals surface area contributed by atoms with Gasteiger partial charge in [0, 0.05) is 45.6 Å². The maximum absolute atomic E-state index is 12.8. The van der Waals surface area contributed by atoms with Gasteiger partial charge in [0.25, 0.3) is 5.24 Å². The Hall–Kier alpha value is -3.72. The first kappa shape index (κ1) is 37.1. The summed E-state index contributed by atoms with van der Waals surface area (Å²) in [5.41, 5.74) is 2.03. The summed E-state index contributed by atoms with van der Waals surface area (Å²) < 4.78 is 6.02. The van der Waals surface area contributed by atoms with E-state index < -0.39 is 5.24 Å². The predicted octanol–water partition coefficient (Wildman–Crippen LogP) is 12.5. The molecule has 48 heavy (non-hydrogen) atoms. The van der Waals surface area contributed by atoms with Crippen LogP contribution in [0.1, 0.15) is 26.3 Å². The minimum Gasteiger partial charge on any atom is -0.497 e. The van der Waals surface area contributed by atoms with Crippen molar-refractivity contribution in [2.45, 2.75) is 24.5 Å². The minimum atomic E-state index is -0.418. The fourth-order valence-electron chi connectivity index (χ4n) is 4.16. The highest BCUT2D eigenvalue weighted by molar-refractivity contribution is 9.10. The SMILES string of the molecule is COc1ccc(Br)cc1.CSc1ccc(C(=O)c2ccccc2Sc2ccccc2)cc1.O=C(Cl)c1ccccc1Sc1ccccc1. The summed E-state index contributed by atoms with van der Waals surface area (Å²) in [4.78, 5) is 29.3. The van der Waals surface area contributed by atoms with Crippen LogP contribution in [0.4, 0.5) is 0 Å². The molecule has 0 aliphatic heterocycles. The highest BCUT2D eigenvalue weighted by atomic mass is 79.9. The van der Waals surface area contributed by atoms with Crippen LogP contribution in [0.25, 0.3) is 0 Å². The molecule has 6 rings (SSSR count). The first-order valence-corrected chi connectivity index (χ1v) is 18.7. The number of ether oxygens (including phenoxy) is 1. The zero-order valence-corrected chi connectivity index (χ0v) is 31.0. The Morgan fingerprint density at radius 3 is 1.50 bits per heavy atom. The van der Waals surface area contributed by atoms with E-state index in [1.165, 1.54) is 11.8 Å². The van der Waals surface area contributed by atoms with Crippen LogP contribution in [-0.2, 0) is 0 Å². The second-order valence-corrected chi connectivity index (χ2v) is 14.2. The van der Waals surface area contributed by atoms with Gasteiger partial charge in [-0.2, -0.15) is 0 Å². The largest absolute Gasteiger partial charge is 0.497 e. The fourth-order valence-corrected chi connectivity index (χ4v) is 6.98. The molecule has 0 N–H and O–H groups in total. The minimum absolute atomic E-state index is 0.0664. The molecule has 0 saturated heterocycles. The monoisotopic (exact) mass is 770 g/mol. The number of ketones is 1. The topological polar surface area (TPSA) is 43.4 Å². The summed E-state index contributed by atoms with van der Waals surface area (Å²) >= 11 is 13.7. The summed E-state index contributed by atoms with van der Waals surface area (Å²) in [7, 11) is 1.66. The zero-order chi connectivity index (χ0) is 34.1. The van der Waals surface area contributed by atoms with E-state index in [2.05, 4.69) is 28.1 Å². The maximum atomic E-state index is 12.8. The Balaban J connectivity index is 0.000000180. The molecular weight excluding hydrogens is 740 g/mol. The van der Waals surface area contributed by atoms with Crippen molar-refractivity contribution in [2.24, 2.45) is 0 Å². The number of thioether (sulfide) groups is 1. The molecular formula is C40H32BrClO3S3. The second-order valence-electron chi connectivity index (χ2n) is 9.81. The molecule has 6 aromatic carbocycles. The van der Waals surface area contributed by atoms with Crippen LogP contribution < -0.4 is 4.74 Å². The lowest BCUT2D eigenvalue weighted by Gasteiger charge is -2.09. The number of carbonyl (C=O) groups excluding carboxylic acids is 2. The van der Waals surface area contributed by atoms with E-state index in [0.717, 1.165) is 45.8 Å².